The van der Waals surface area contributed by atoms with E-state index in [1.54, 1.807) is 12.1 Å². The number of halogens is 1. The second-order valence-corrected chi connectivity index (χ2v) is 5.39. The maximum atomic E-state index is 9.76. The fourth-order valence-corrected chi connectivity index (χ4v) is 2.81. The summed E-state index contributed by atoms with van der Waals surface area (Å²) in [6.45, 7) is 2.95. The second-order valence-electron chi connectivity index (χ2n) is 4.99. The molecule has 1 aliphatic carbocycles. The summed E-state index contributed by atoms with van der Waals surface area (Å²) in [4.78, 5) is 0. The van der Waals surface area contributed by atoms with Crippen LogP contribution in [-0.2, 0) is 6.54 Å². The van der Waals surface area contributed by atoms with E-state index in [0.717, 1.165) is 5.56 Å². The van der Waals surface area contributed by atoms with Gasteiger partial charge in [-0.05, 0) is 30.9 Å². The summed E-state index contributed by atoms with van der Waals surface area (Å²) in [7, 11) is 0. The van der Waals surface area contributed by atoms with E-state index in [-0.39, 0.29) is 5.75 Å². The normalized spacial score (nSPS) is 24.8. The minimum absolute atomic E-state index is 0.286. The minimum atomic E-state index is 0.286. The molecule has 0 saturated heterocycles. The predicted octanol–water partition coefficient (Wildman–Crippen LogP) is 3.71. The van der Waals surface area contributed by atoms with Gasteiger partial charge in [0, 0.05) is 23.2 Å². The van der Waals surface area contributed by atoms with Crippen LogP contribution >= 0.6 is 11.6 Å². The first-order valence-electron chi connectivity index (χ1n) is 6.38. The summed E-state index contributed by atoms with van der Waals surface area (Å²) in [5.41, 5.74) is 0.812. The molecule has 2 rings (SSSR count). The van der Waals surface area contributed by atoms with Gasteiger partial charge >= 0.3 is 0 Å². The first kappa shape index (κ1) is 12.7. The second kappa shape index (κ2) is 5.74. The van der Waals surface area contributed by atoms with E-state index in [4.69, 9.17) is 11.6 Å². The molecule has 1 saturated carbocycles. The van der Waals surface area contributed by atoms with Crippen LogP contribution in [0, 0.1) is 5.92 Å². The van der Waals surface area contributed by atoms with Crippen molar-refractivity contribution in [2.75, 3.05) is 0 Å². The zero-order valence-corrected chi connectivity index (χ0v) is 11.0. The maximum Gasteiger partial charge on any atom is 0.121 e. The molecule has 2 unspecified atom stereocenters. The minimum Gasteiger partial charge on any atom is -0.508 e. The zero-order chi connectivity index (χ0) is 12.3. The molecule has 1 fully saturated rings. The first-order valence-corrected chi connectivity index (χ1v) is 6.76. The molecule has 0 aromatic heterocycles. The highest BCUT2D eigenvalue weighted by molar-refractivity contribution is 6.31. The summed E-state index contributed by atoms with van der Waals surface area (Å²) < 4.78 is 0. The largest absolute Gasteiger partial charge is 0.508 e. The van der Waals surface area contributed by atoms with Crippen molar-refractivity contribution in [1.29, 1.82) is 0 Å². The average Bonchev–Trinajstić information content (AvgIpc) is 2.30. The zero-order valence-electron chi connectivity index (χ0n) is 10.2. The lowest BCUT2D eigenvalue weighted by molar-refractivity contribution is 0.278. The van der Waals surface area contributed by atoms with E-state index in [1.165, 1.54) is 25.7 Å². The summed E-state index contributed by atoms with van der Waals surface area (Å²) in [6, 6.07) is 5.83. The highest BCUT2D eigenvalue weighted by atomic mass is 35.5. The fourth-order valence-electron chi connectivity index (χ4n) is 2.57. The number of nitrogens with one attached hydrogen (secondary N) is 1. The van der Waals surface area contributed by atoms with E-state index in [1.807, 2.05) is 6.07 Å². The molecule has 0 amide bonds. The predicted molar refractivity (Wildman–Crippen MR) is 71.4 cm³/mol. The van der Waals surface area contributed by atoms with Gasteiger partial charge in [0.15, 0.2) is 0 Å². The van der Waals surface area contributed by atoms with E-state index in [9.17, 15) is 5.11 Å². The maximum absolute atomic E-state index is 9.76. The van der Waals surface area contributed by atoms with Crippen LogP contribution in [0.1, 0.15) is 38.2 Å². The van der Waals surface area contributed by atoms with Gasteiger partial charge in [-0.2, -0.15) is 0 Å². The Balaban J connectivity index is 1.97. The molecule has 0 bridgehead atoms. The highest BCUT2D eigenvalue weighted by Crippen LogP contribution is 2.27. The van der Waals surface area contributed by atoms with Crippen LogP contribution in [0.4, 0.5) is 0 Å². The monoisotopic (exact) mass is 253 g/mol. The van der Waals surface area contributed by atoms with Gasteiger partial charge in [0.2, 0.25) is 0 Å². The molecule has 1 aromatic rings. The lowest BCUT2D eigenvalue weighted by Gasteiger charge is -2.29. The molecule has 94 valence electrons. The first-order chi connectivity index (χ1) is 8.18. The average molecular weight is 254 g/mol. The van der Waals surface area contributed by atoms with E-state index < -0.39 is 0 Å². The molecule has 2 N–H and O–H groups in total. The number of rotatable bonds is 3. The van der Waals surface area contributed by atoms with Gasteiger partial charge in [-0.15, -0.1) is 0 Å². The van der Waals surface area contributed by atoms with Crippen LogP contribution in [0.15, 0.2) is 18.2 Å². The van der Waals surface area contributed by atoms with Crippen molar-refractivity contribution in [2.45, 2.75) is 45.2 Å². The topological polar surface area (TPSA) is 32.3 Å². The van der Waals surface area contributed by atoms with Crippen molar-refractivity contribution in [2.24, 2.45) is 5.92 Å². The Labute approximate surface area is 108 Å². The van der Waals surface area contributed by atoms with Crippen LogP contribution in [0.3, 0.4) is 0 Å². The number of hydrogen-bond donors (Lipinski definition) is 2. The molecule has 17 heavy (non-hydrogen) atoms. The number of aromatic hydroxyl groups is 1. The molecule has 2 atom stereocenters. The van der Waals surface area contributed by atoms with Gasteiger partial charge in [0.1, 0.15) is 5.75 Å². The Bertz CT molecular complexity index is 360. The van der Waals surface area contributed by atoms with Crippen LogP contribution < -0.4 is 5.32 Å². The van der Waals surface area contributed by atoms with Gasteiger partial charge in [0.25, 0.3) is 0 Å². The summed E-state index contributed by atoms with van der Waals surface area (Å²) in [5.74, 6) is 1.00. The number of hydrogen-bond acceptors (Lipinski definition) is 2. The van der Waals surface area contributed by atoms with Crippen molar-refractivity contribution in [3.63, 3.8) is 0 Å². The van der Waals surface area contributed by atoms with Crippen molar-refractivity contribution in [3.8, 4) is 5.75 Å². The summed E-state index contributed by atoms with van der Waals surface area (Å²) >= 11 is 6.08. The molecule has 0 heterocycles. The lowest BCUT2D eigenvalue weighted by Crippen LogP contribution is -2.36. The smallest absolute Gasteiger partial charge is 0.121 e. The molecular formula is C14H20ClNO. The van der Waals surface area contributed by atoms with Gasteiger partial charge in [0.05, 0.1) is 0 Å². The Morgan fingerprint density at radius 3 is 2.82 bits per heavy atom. The Morgan fingerprint density at radius 2 is 2.12 bits per heavy atom. The van der Waals surface area contributed by atoms with Crippen molar-refractivity contribution in [1.82, 2.24) is 5.32 Å². The number of phenols is 1. The van der Waals surface area contributed by atoms with E-state index in [2.05, 4.69) is 12.2 Å². The van der Waals surface area contributed by atoms with Crippen molar-refractivity contribution >= 4 is 11.6 Å². The third-order valence-corrected chi connectivity index (χ3v) is 4.10. The standard InChI is InChI=1S/C14H20ClNO/c1-10-5-2-3-7-13(10)16-9-11-12(15)6-4-8-14(11)17/h4,6,8,10,13,16-17H,2-3,5,7,9H2,1H3. The molecule has 0 spiro atoms. The van der Waals surface area contributed by atoms with Gasteiger partial charge in [-0.3, -0.25) is 0 Å². The molecule has 2 nitrogen and oxygen atoms in total. The number of benzene rings is 1. The Hall–Kier alpha value is -0.730. The van der Waals surface area contributed by atoms with E-state index >= 15 is 0 Å². The van der Waals surface area contributed by atoms with E-state index in [0.29, 0.717) is 23.5 Å². The van der Waals surface area contributed by atoms with Crippen LogP contribution in [-0.4, -0.2) is 11.1 Å². The third-order valence-electron chi connectivity index (χ3n) is 3.75. The van der Waals surface area contributed by atoms with Gasteiger partial charge < -0.3 is 10.4 Å². The quantitative estimate of drug-likeness (QED) is 0.861. The highest BCUT2D eigenvalue weighted by Gasteiger charge is 2.21. The Kier molecular flexibility index (Phi) is 4.30. The third kappa shape index (κ3) is 3.14. The SMILES string of the molecule is CC1CCCCC1NCc1c(O)cccc1Cl. The van der Waals surface area contributed by atoms with Crippen LogP contribution in [0.5, 0.6) is 5.75 Å². The van der Waals surface area contributed by atoms with Crippen molar-refractivity contribution in [3.05, 3.63) is 28.8 Å². The molecular weight excluding hydrogens is 234 g/mol. The van der Waals surface area contributed by atoms with Crippen LogP contribution in [0.25, 0.3) is 0 Å². The molecule has 1 aromatic carbocycles. The summed E-state index contributed by atoms with van der Waals surface area (Å²) in [5, 5.41) is 13.9. The molecule has 3 heteroatoms. The summed E-state index contributed by atoms with van der Waals surface area (Å²) in [6.07, 6.45) is 5.17. The lowest BCUT2D eigenvalue weighted by atomic mass is 9.86. The van der Waals surface area contributed by atoms with Gasteiger partial charge in [-0.1, -0.05) is 37.4 Å². The Morgan fingerprint density at radius 1 is 1.35 bits per heavy atom. The van der Waals surface area contributed by atoms with Crippen LogP contribution in [0.2, 0.25) is 5.02 Å². The number of phenolic OH excluding ortho intramolecular Hbond substituents is 1. The molecule has 1 aliphatic rings. The van der Waals surface area contributed by atoms with Gasteiger partial charge in [-0.25, -0.2) is 0 Å². The fraction of sp³-hybridized carbons (Fsp3) is 0.571. The molecule has 0 radical (unpaired) electrons. The molecule has 0 aliphatic heterocycles. The van der Waals surface area contributed by atoms with Crippen molar-refractivity contribution < 1.29 is 5.11 Å².